The van der Waals surface area contributed by atoms with Crippen molar-refractivity contribution in [2.45, 2.75) is 51.5 Å². The summed E-state index contributed by atoms with van der Waals surface area (Å²) in [6, 6.07) is 10.6. The fraction of sp³-hybridized carbons (Fsp3) is 0.435. The lowest BCUT2D eigenvalue weighted by atomic mass is 10.0. The maximum absolute atomic E-state index is 12.4. The number of halogens is 1. The van der Waals surface area contributed by atoms with E-state index in [0.717, 1.165) is 53.5 Å². The van der Waals surface area contributed by atoms with Gasteiger partial charge in [-0.25, -0.2) is 0 Å². The molecule has 1 N–H and O–H groups in total. The van der Waals surface area contributed by atoms with Crippen molar-refractivity contribution < 1.29 is 4.79 Å². The van der Waals surface area contributed by atoms with Gasteiger partial charge in [-0.2, -0.15) is 0 Å². The van der Waals surface area contributed by atoms with Gasteiger partial charge in [-0.3, -0.25) is 4.79 Å². The van der Waals surface area contributed by atoms with E-state index in [1.165, 1.54) is 16.1 Å². The number of nitrogens with zero attached hydrogens (tertiary/aromatic N) is 1. The van der Waals surface area contributed by atoms with Crippen LogP contribution in [-0.2, 0) is 11.3 Å². The van der Waals surface area contributed by atoms with Crippen LogP contribution in [0.15, 0.2) is 35.2 Å². The lowest BCUT2D eigenvalue weighted by Crippen LogP contribution is -2.24. The van der Waals surface area contributed by atoms with E-state index in [0.29, 0.717) is 6.42 Å². The first kappa shape index (κ1) is 19.7. The maximum Gasteiger partial charge on any atom is 0.224 e. The number of anilines is 2. The number of carbonyl (C=O) groups excluding carboxylic acids is 1. The van der Waals surface area contributed by atoms with Crippen LogP contribution < -0.4 is 10.2 Å². The molecule has 1 fully saturated rings. The Morgan fingerprint density at radius 2 is 1.93 bits per heavy atom. The van der Waals surface area contributed by atoms with Crippen LogP contribution in [0.25, 0.3) is 0 Å². The molecule has 1 aliphatic carbocycles. The van der Waals surface area contributed by atoms with Crippen LogP contribution >= 0.6 is 23.4 Å². The largest absolute Gasteiger partial charge is 0.366 e. The molecule has 0 spiro atoms. The molecular weight excluding hydrogens is 388 g/mol. The van der Waals surface area contributed by atoms with Gasteiger partial charge >= 0.3 is 0 Å². The molecule has 0 unspecified atom stereocenters. The standard InChI is InChI=1S/C23H27ClN2OS/c1-15-10-19(11-16(2)22(15)25-21(27)13-23(3)6-7-23)26-8-9-28-20-12-18(24)5-4-17(20)14-26/h4-5,10-12H,6-9,13-14H2,1-3H3,(H,25,27). The quantitative estimate of drug-likeness (QED) is 0.646. The highest BCUT2D eigenvalue weighted by atomic mass is 35.5. The fourth-order valence-corrected chi connectivity index (χ4v) is 5.14. The fourth-order valence-electron chi connectivity index (χ4n) is 3.85. The van der Waals surface area contributed by atoms with Crippen molar-refractivity contribution in [3.63, 3.8) is 0 Å². The van der Waals surface area contributed by atoms with E-state index in [9.17, 15) is 4.79 Å². The second-order valence-electron chi connectivity index (χ2n) is 8.51. The minimum atomic E-state index is 0.135. The van der Waals surface area contributed by atoms with Gasteiger partial charge in [-0.05, 0) is 73.1 Å². The first-order valence-electron chi connectivity index (χ1n) is 9.90. The van der Waals surface area contributed by atoms with Gasteiger partial charge in [0.1, 0.15) is 0 Å². The SMILES string of the molecule is Cc1cc(N2CCSc3cc(Cl)ccc3C2)cc(C)c1NC(=O)CC1(C)CC1. The molecule has 0 radical (unpaired) electrons. The molecule has 1 saturated carbocycles. The highest BCUT2D eigenvalue weighted by Gasteiger charge is 2.39. The van der Waals surface area contributed by atoms with Gasteiger partial charge < -0.3 is 10.2 Å². The van der Waals surface area contributed by atoms with Crippen LogP contribution in [0.1, 0.15) is 42.9 Å². The number of hydrogen-bond acceptors (Lipinski definition) is 3. The topological polar surface area (TPSA) is 32.3 Å². The average Bonchev–Trinajstić information content (AvgIpc) is 3.39. The number of benzene rings is 2. The molecule has 0 aromatic heterocycles. The van der Waals surface area contributed by atoms with Gasteiger partial charge in [0.2, 0.25) is 5.91 Å². The normalized spacial score (nSPS) is 17.6. The highest BCUT2D eigenvalue weighted by Crippen LogP contribution is 2.48. The first-order chi connectivity index (χ1) is 13.3. The van der Waals surface area contributed by atoms with E-state index in [1.54, 1.807) is 0 Å². The van der Waals surface area contributed by atoms with Crippen molar-refractivity contribution in [2.75, 3.05) is 22.5 Å². The molecule has 1 heterocycles. The molecule has 3 nitrogen and oxygen atoms in total. The molecule has 2 aliphatic rings. The number of thioether (sulfide) groups is 1. The second kappa shape index (κ2) is 7.64. The van der Waals surface area contributed by atoms with E-state index >= 15 is 0 Å². The van der Waals surface area contributed by atoms with Crippen molar-refractivity contribution >= 4 is 40.6 Å². The van der Waals surface area contributed by atoms with Crippen molar-refractivity contribution in [3.8, 4) is 0 Å². The third-order valence-electron chi connectivity index (χ3n) is 5.85. The first-order valence-corrected chi connectivity index (χ1v) is 11.3. The summed E-state index contributed by atoms with van der Waals surface area (Å²) in [5.41, 5.74) is 5.97. The zero-order valence-corrected chi connectivity index (χ0v) is 18.3. The second-order valence-corrected chi connectivity index (χ2v) is 10.1. The van der Waals surface area contributed by atoms with Crippen LogP contribution in [0.2, 0.25) is 5.02 Å². The van der Waals surface area contributed by atoms with Crippen LogP contribution in [0, 0.1) is 19.3 Å². The van der Waals surface area contributed by atoms with Gasteiger partial charge in [0.25, 0.3) is 0 Å². The maximum atomic E-state index is 12.4. The van der Waals surface area contributed by atoms with Crippen molar-refractivity contribution in [2.24, 2.45) is 5.41 Å². The molecule has 2 aromatic carbocycles. The summed E-state index contributed by atoms with van der Waals surface area (Å²) in [6.07, 6.45) is 2.95. The molecular formula is C23H27ClN2OS. The van der Waals surface area contributed by atoms with Gasteiger partial charge in [0.05, 0.1) is 0 Å². The predicted octanol–water partition coefficient (Wildman–Crippen LogP) is 6.20. The molecule has 0 atom stereocenters. The van der Waals surface area contributed by atoms with Crippen molar-refractivity contribution in [1.29, 1.82) is 0 Å². The summed E-state index contributed by atoms with van der Waals surface area (Å²) >= 11 is 8.04. The average molecular weight is 415 g/mol. The summed E-state index contributed by atoms with van der Waals surface area (Å²) in [4.78, 5) is 16.1. The molecule has 0 bridgehead atoms. The Balaban J connectivity index is 1.54. The molecule has 148 valence electrons. The van der Waals surface area contributed by atoms with E-state index in [4.69, 9.17) is 11.6 Å². The van der Waals surface area contributed by atoms with Gasteiger partial charge in [0, 0.05) is 46.6 Å². The number of fused-ring (bicyclic) bond motifs is 1. The number of amides is 1. The molecule has 0 saturated heterocycles. The van der Waals surface area contributed by atoms with Crippen LogP contribution in [0.4, 0.5) is 11.4 Å². The van der Waals surface area contributed by atoms with E-state index in [-0.39, 0.29) is 11.3 Å². The van der Waals surface area contributed by atoms with Gasteiger partial charge in [0.15, 0.2) is 0 Å². The number of rotatable bonds is 4. The van der Waals surface area contributed by atoms with E-state index < -0.39 is 0 Å². The summed E-state index contributed by atoms with van der Waals surface area (Å²) in [5.74, 6) is 1.17. The van der Waals surface area contributed by atoms with Crippen LogP contribution in [-0.4, -0.2) is 18.2 Å². The van der Waals surface area contributed by atoms with Gasteiger partial charge in [-0.15, -0.1) is 11.8 Å². The number of aryl methyl sites for hydroxylation is 2. The molecule has 4 rings (SSSR count). The summed E-state index contributed by atoms with van der Waals surface area (Å²) < 4.78 is 0. The van der Waals surface area contributed by atoms with Crippen molar-refractivity contribution in [3.05, 3.63) is 52.0 Å². The Bertz CT molecular complexity index is 900. The zero-order chi connectivity index (χ0) is 19.9. The van der Waals surface area contributed by atoms with E-state index in [2.05, 4.69) is 55.3 Å². The Hall–Kier alpha value is -1.65. The minimum absolute atomic E-state index is 0.135. The minimum Gasteiger partial charge on any atom is -0.366 e. The van der Waals surface area contributed by atoms with Crippen LogP contribution in [0.3, 0.4) is 0 Å². The summed E-state index contributed by atoms with van der Waals surface area (Å²) in [6.45, 7) is 8.23. The Morgan fingerprint density at radius 1 is 1.21 bits per heavy atom. The van der Waals surface area contributed by atoms with Gasteiger partial charge in [-0.1, -0.05) is 24.6 Å². The number of carbonyl (C=O) groups is 1. The highest BCUT2D eigenvalue weighted by molar-refractivity contribution is 7.99. The summed E-state index contributed by atoms with van der Waals surface area (Å²) in [7, 11) is 0. The molecule has 5 heteroatoms. The predicted molar refractivity (Wildman–Crippen MR) is 120 cm³/mol. The zero-order valence-electron chi connectivity index (χ0n) is 16.8. The van der Waals surface area contributed by atoms with Crippen LogP contribution in [0.5, 0.6) is 0 Å². The molecule has 1 aliphatic heterocycles. The lowest BCUT2D eigenvalue weighted by molar-refractivity contribution is -0.117. The number of nitrogens with one attached hydrogen (secondary N) is 1. The Labute approximate surface area is 176 Å². The Kier molecular flexibility index (Phi) is 5.36. The monoisotopic (exact) mass is 414 g/mol. The smallest absolute Gasteiger partial charge is 0.224 e. The number of hydrogen-bond donors (Lipinski definition) is 1. The van der Waals surface area contributed by atoms with E-state index in [1.807, 2.05) is 17.8 Å². The lowest BCUT2D eigenvalue weighted by Gasteiger charge is -2.25. The third-order valence-corrected chi connectivity index (χ3v) is 7.16. The molecule has 1 amide bonds. The third kappa shape index (κ3) is 4.33. The Morgan fingerprint density at radius 3 is 2.61 bits per heavy atom. The summed E-state index contributed by atoms with van der Waals surface area (Å²) in [5, 5.41) is 3.96. The molecule has 2 aromatic rings. The molecule has 28 heavy (non-hydrogen) atoms. The van der Waals surface area contributed by atoms with Crippen molar-refractivity contribution in [1.82, 2.24) is 0 Å².